The van der Waals surface area contributed by atoms with Crippen molar-refractivity contribution in [3.63, 3.8) is 0 Å². The summed E-state index contributed by atoms with van der Waals surface area (Å²) in [5, 5.41) is 0.812. The Morgan fingerprint density at radius 3 is 2.45 bits per heavy atom. The van der Waals surface area contributed by atoms with Crippen LogP contribution in [0.15, 0.2) is 47.4 Å². The molecular weight excluding hydrogens is 468 g/mol. The molecule has 11 heteroatoms. The second kappa shape index (κ2) is 8.23. The second-order valence-corrected chi connectivity index (χ2v) is 9.61. The molecule has 0 aliphatic carbocycles. The van der Waals surface area contributed by atoms with E-state index >= 15 is 0 Å². The van der Waals surface area contributed by atoms with Gasteiger partial charge in [0.05, 0.1) is 21.3 Å². The molecule has 29 heavy (non-hydrogen) atoms. The quantitative estimate of drug-likeness (QED) is 0.492. The van der Waals surface area contributed by atoms with Crippen LogP contribution in [0.2, 0.25) is 10.0 Å². The van der Waals surface area contributed by atoms with Gasteiger partial charge in [0.1, 0.15) is 9.90 Å². The molecule has 1 aromatic heterocycles. The van der Waals surface area contributed by atoms with E-state index in [1.165, 1.54) is 11.3 Å². The fourth-order valence-electron chi connectivity index (χ4n) is 2.47. The van der Waals surface area contributed by atoms with Crippen LogP contribution in [0.3, 0.4) is 0 Å². The number of aromatic nitrogens is 1. The van der Waals surface area contributed by atoms with Gasteiger partial charge < -0.3 is 0 Å². The maximum Gasteiger partial charge on any atom is 0.416 e. The molecule has 0 bridgehead atoms. The number of alkyl halides is 3. The van der Waals surface area contributed by atoms with Crippen LogP contribution in [0.4, 0.5) is 13.2 Å². The summed E-state index contributed by atoms with van der Waals surface area (Å²) >= 11 is 13.2. The molecule has 3 rings (SSSR count). The standard InChI is InChI=1S/C18H13Cl2F3N2O2S2/c1-10-15(28-17(25-10)12-4-2-3-5-13(12)19)9-24-29(26,27)16-8-11(18(21,22)23)6-7-14(16)20/h2-8,24H,9H2,1H3. The summed E-state index contributed by atoms with van der Waals surface area (Å²) in [6.45, 7) is 1.56. The Balaban J connectivity index is 1.86. The Labute approximate surface area is 179 Å². The monoisotopic (exact) mass is 480 g/mol. The van der Waals surface area contributed by atoms with E-state index in [0.29, 0.717) is 32.2 Å². The van der Waals surface area contributed by atoms with Crippen molar-refractivity contribution in [1.82, 2.24) is 9.71 Å². The highest BCUT2D eigenvalue weighted by molar-refractivity contribution is 7.89. The fourth-order valence-corrected chi connectivity index (χ4v) is 5.40. The predicted octanol–water partition coefficient (Wildman–Crippen LogP) is 5.92. The number of nitrogens with one attached hydrogen (secondary N) is 1. The predicted molar refractivity (Wildman–Crippen MR) is 108 cm³/mol. The molecule has 0 aliphatic heterocycles. The van der Waals surface area contributed by atoms with Crippen LogP contribution < -0.4 is 4.72 Å². The Morgan fingerprint density at radius 1 is 1.10 bits per heavy atom. The molecule has 0 amide bonds. The van der Waals surface area contributed by atoms with Gasteiger partial charge in [-0.1, -0.05) is 41.4 Å². The highest BCUT2D eigenvalue weighted by atomic mass is 35.5. The molecule has 2 aromatic carbocycles. The average molecular weight is 481 g/mol. The molecule has 3 aromatic rings. The molecule has 0 spiro atoms. The van der Waals surface area contributed by atoms with Gasteiger partial charge in [0.25, 0.3) is 0 Å². The Bertz CT molecular complexity index is 1160. The number of aryl methyl sites for hydroxylation is 1. The first-order valence-corrected chi connectivity index (χ1v) is 11.1. The molecule has 1 heterocycles. The maximum absolute atomic E-state index is 12.9. The van der Waals surface area contributed by atoms with E-state index in [1.54, 1.807) is 31.2 Å². The summed E-state index contributed by atoms with van der Waals surface area (Å²) < 4.78 is 66.1. The average Bonchev–Trinajstić information content (AvgIpc) is 3.00. The van der Waals surface area contributed by atoms with E-state index in [-0.39, 0.29) is 11.6 Å². The van der Waals surface area contributed by atoms with Crippen molar-refractivity contribution < 1.29 is 21.6 Å². The van der Waals surface area contributed by atoms with E-state index in [1.807, 2.05) is 0 Å². The zero-order chi connectivity index (χ0) is 21.4. The van der Waals surface area contributed by atoms with Gasteiger partial charge in [0, 0.05) is 17.0 Å². The van der Waals surface area contributed by atoms with Crippen molar-refractivity contribution in [2.75, 3.05) is 0 Å². The van der Waals surface area contributed by atoms with Crippen molar-refractivity contribution in [1.29, 1.82) is 0 Å². The van der Waals surface area contributed by atoms with E-state index in [2.05, 4.69) is 9.71 Å². The lowest BCUT2D eigenvalue weighted by Gasteiger charge is -2.11. The van der Waals surface area contributed by atoms with Crippen molar-refractivity contribution in [2.24, 2.45) is 0 Å². The van der Waals surface area contributed by atoms with Crippen molar-refractivity contribution in [3.8, 4) is 10.6 Å². The summed E-state index contributed by atoms with van der Waals surface area (Å²) in [7, 11) is -4.28. The number of halogens is 5. The minimum absolute atomic E-state index is 0.150. The van der Waals surface area contributed by atoms with Crippen molar-refractivity contribution >= 4 is 44.6 Å². The third-order valence-electron chi connectivity index (χ3n) is 3.97. The largest absolute Gasteiger partial charge is 0.416 e. The van der Waals surface area contributed by atoms with Crippen LogP contribution in [0.1, 0.15) is 16.1 Å². The lowest BCUT2D eigenvalue weighted by molar-refractivity contribution is -0.137. The Hall–Kier alpha value is -1.65. The van der Waals surface area contributed by atoms with Crippen molar-refractivity contribution in [2.45, 2.75) is 24.5 Å². The van der Waals surface area contributed by atoms with E-state index < -0.39 is 26.7 Å². The molecule has 154 valence electrons. The molecule has 0 saturated carbocycles. The van der Waals surface area contributed by atoms with Crippen LogP contribution in [0, 0.1) is 6.92 Å². The number of nitrogens with zero attached hydrogens (tertiary/aromatic N) is 1. The van der Waals surface area contributed by atoms with Gasteiger partial charge in [-0.3, -0.25) is 0 Å². The number of sulfonamides is 1. The number of benzene rings is 2. The number of rotatable bonds is 5. The summed E-state index contributed by atoms with van der Waals surface area (Å²) in [4.78, 5) is 4.37. The molecular formula is C18H13Cl2F3N2O2S2. The first kappa shape index (κ1) is 22.0. The Morgan fingerprint density at radius 2 is 1.79 bits per heavy atom. The molecule has 0 aliphatic rings. The molecule has 0 fully saturated rings. The SMILES string of the molecule is Cc1nc(-c2ccccc2Cl)sc1CNS(=O)(=O)c1cc(C(F)(F)F)ccc1Cl. The van der Waals surface area contributed by atoms with Crippen molar-refractivity contribution in [3.05, 3.63) is 68.6 Å². The molecule has 0 saturated heterocycles. The number of hydrogen-bond acceptors (Lipinski definition) is 4. The lowest BCUT2D eigenvalue weighted by Crippen LogP contribution is -2.24. The third-order valence-corrected chi connectivity index (χ3v) is 7.37. The molecule has 4 nitrogen and oxygen atoms in total. The van der Waals surface area contributed by atoms with E-state index in [4.69, 9.17) is 23.2 Å². The van der Waals surface area contributed by atoms with Gasteiger partial charge in [0.15, 0.2) is 0 Å². The molecule has 0 atom stereocenters. The van der Waals surface area contributed by atoms with Gasteiger partial charge in [0.2, 0.25) is 10.0 Å². The highest BCUT2D eigenvalue weighted by Gasteiger charge is 2.32. The first-order valence-electron chi connectivity index (χ1n) is 8.06. The minimum Gasteiger partial charge on any atom is -0.241 e. The zero-order valence-corrected chi connectivity index (χ0v) is 17.9. The summed E-state index contributed by atoms with van der Waals surface area (Å²) in [5.74, 6) is 0. The van der Waals surface area contributed by atoms with Crippen LogP contribution in [-0.4, -0.2) is 13.4 Å². The van der Waals surface area contributed by atoms with Crippen LogP contribution >= 0.6 is 34.5 Å². The number of thiazole rings is 1. The first-order chi connectivity index (χ1) is 13.5. The maximum atomic E-state index is 12.9. The fraction of sp³-hybridized carbons (Fsp3) is 0.167. The van der Waals surface area contributed by atoms with E-state index in [0.717, 1.165) is 12.1 Å². The zero-order valence-electron chi connectivity index (χ0n) is 14.7. The Kier molecular flexibility index (Phi) is 6.26. The van der Waals surface area contributed by atoms with E-state index in [9.17, 15) is 21.6 Å². The lowest BCUT2D eigenvalue weighted by atomic mass is 10.2. The summed E-state index contributed by atoms with van der Waals surface area (Å²) in [5.41, 5.74) is 0.192. The van der Waals surface area contributed by atoms with Gasteiger partial charge >= 0.3 is 6.18 Å². The van der Waals surface area contributed by atoms with Gasteiger partial charge in [-0.2, -0.15) is 13.2 Å². The van der Waals surface area contributed by atoms with Crippen LogP contribution in [0.5, 0.6) is 0 Å². The van der Waals surface area contributed by atoms with Gasteiger partial charge in [-0.15, -0.1) is 11.3 Å². The normalized spacial score (nSPS) is 12.3. The summed E-state index contributed by atoms with van der Waals surface area (Å²) in [6, 6.07) is 9.23. The molecule has 0 radical (unpaired) electrons. The van der Waals surface area contributed by atoms with Gasteiger partial charge in [-0.25, -0.2) is 18.1 Å². The minimum atomic E-state index is -4.69. The molecule has 0 unspecified atom stereocenters. The van der Waals surface area contributed by atoms with Crippen LogP contribution in [0.25, 0.3) is 10.6 Å². The topological polar surface area (TPSA) is 59.1 Å². The van der Waals surface area contributed by atoms with Gasteiger partial charge in [-0.05, 0) is 31.2 Å². The van der Waals surface area contributed by atoms with Crippen LogP contribution in [-0.2, 0) is 22.7 Å². The summed E-state index contributed by atoms with van der Waals surface area (Å²) in [6.07, 6.45) is -4.69. The third kappa shape index (κ3) is 4.92. The second-order valence-electron chi connectivity index (χ2n) is 5.97. The molecule has 1 N–H and O–H groups in total. The smallest absolute Gasteiger partial charge is 0.241 e. The number of hydrogen-bond donors (Lipinski definition) is 1. The highest BCUT2D eigenvalue weighted by Crippen LogP contribution is 2.35.